The summed E-state index contributed by atoms with van der Waals surface area (Å²) in [5, 5.41) is 13.9. The van der Waals surface area contributed by atoms with E-state index >= 15 is 4.39 Å². The summed E-state index contributed by atoms with van der Waals surface area (Å²) < 4.78 is 50.8. The highest BCUT2D eigenvalue weighted by atomic mass is 35.5. The molecule has 2 bridgehead atoms. The van der Waals surface area contributed by atoms with Gasteiger partial charge in [-0.1, -0.05) is 41.8 Å². The minimum atomic E-state index is -2.97. The molecule has 0 fully saturated rings. The van der Waals surface area contributed by atoms with E-state index in [1.807, 2.05) is 0 Å². The largest absolute Gasteiger partial charge is 0.464 e. The quantitative estimate of drug-likeness (QED) is 0.227. The Morgan fingerprint density at radius 1 is 1.14 bits per heavy atom. The van der Waals surface area contributed by atoms with Crippen molar-refractivity contribution in [3.8, 4) is 28.3 Å². The van der Waals surface area contributed by atoms with E-state index in [0.717, 1.165) is 6.07 Å². The van der Waals surface area contributed by atoms with E-state index in [0.29, 0.717) is 35.2 Å². The second-order valence-corrected chi connectivity index (χ2v) is 11.1. The van der Waals surface area contributed by atoms with Gasteiger partial charge in [0, 0.05) is 40.9 Å². The lowest BCUT2D eigenvalue weighted by Crippen LogP contribution is -2.22. The lowest BCUT2D eigenvalue weighted by Gasteiger charge is -2.20. The van der Waals surface area contributed by atoms with Crippen LogP contribution in [0.25, 0.3) is 28.3 Å². The van der Waals surface area contributed by atoms with Crippen LogP contribution in [-0.4, -0.2) is 35.7 Å². The molecule has 1 amide bonds. The van der Waals surface area contributed by atoms with Crippen molar-refractivity contribution in [1.82, 2.24) is 29.8 Å². The number of hydrogen-bond donors (Lipinski definition) is 1. The Balaban J connectivity index is 1.47. The normalized spacial score (nSPS) is 17.1. The monoisotopic (exact) mass is 643 g/mol. The fourth-order valence-electron chi connectivity index (χ4n) is 5.29. The summed E-state index contributed by atoms with van der Waals surface area (Å²) in [7, 11) is 0. The number of fused-ring (bicyclic) bond motifs is 4. The summed E-state index contributed by atoms with van der Waals surface area (Å²) in [6.45, 7) is -1.24. The highest BCUT2D eigenvalue weighted by Gasteiger charge is 2.27. The molecular formula is C29H22Cl2F3N7O3. The molecule has 0 radical (unpaired) electrons. The molecule has 44 heavy (non-hydrogen) atoms. The molecule has 0 saturated heterocycles. The Morgan fingerprint density at radius 2 is 1.95 bits per heavy atom. The maximum Gasteiger partial charge on any atom is 0.333 e. The highest BCUT2D eigenvalue weighted by Crippen LogP contribution is 2.37. The van der Waals surface area contributed by atoms with Crippen molar-refractivity contribution in [2.45, 2.75) is 38.7 Å². The Labute approximate surface area is 257 Å². The minimum absolute atomic E-state index is 0.00285. The van der Waals surface area contributed by atoms with E-state index in [1.165, 1.54) is 47.7 Å². The molecule has 1 aliphatic rings. The number of anilines is 1. The van der Waals surface area contributed by atoms with Crippen LogP contribution >= 0.6 is 23.2 Å². The predicted octanol–water partition coefficient (Wildman–Crippen LogP) is 6.88. The predicted molar refractivity (Wildman–Crippen MR) is 156 cm³/mol. The number of hydrogen-bond acceptors (Lipinski definition) is 7. The average Bonchev–Trinajstić information content (AvgIpc) is 3.62. The molecule has 1 aromatic carbocycles. The molecule has 1 unspecified atom stereocenters. The van der Waals surface area contributed by atoms with E-state index in [-0.39, 0.29) is 50.0 Å². The Hall–Kier alpha value is -4.49. The highest BCUT2D eigenvalue weighted by molar-refractivity contribution is 6.31. The summed E-state index contributed by atoms with van der Waals surface area (Å²) in [5.41, 5.74) is 0.651. The van der Waals surface area contributed by atoms with Crippen molar-refractivity contribution in [1.29, 1.82) is 0 Å². The molecule has 0 aliphatic carbocycles. The Bertz CT molecular complexity index is 1940. The van der Waals surface area contributed by atoms with Crippen molar-refractivity contribution in [3.05, 3.63) is 92.7 Å². The molecule has 0 spiro atoms. The molecule has 4 aromatic heterocycles. The van der Waals surface area contributed by atoms with Gasteiger partial charge in [0.05, 0.1) is 46.3 Å². The third-order valence-electron chi connectivity index (χ3n) is 7.49. The van der Waals surface area contributed by atoms with Crippen molar-refractivity contribution >= 4 is 34.8 Å². The fraction of sp³-hybridized carbons (Fsp3) is 0.241. The van der Waals surface area contributed by atoms with E-state index in [1.54, 1.807) is 13.0 Å². The number of carbonyl (C=O) groups is 1. The van der Waals surface area contributed by atoms with Crippen LogP contribution < -0.4 is 10.7 Å². The first kappa shape index (κ1) is 29.6. The number of aromatic nitrogens is 6. The Morgan fingerprint density at radius 3 is 2.68 bits per heavy atom. The molecular weight excluding hydrogens is 622 g/mol. The average molecular weight is 644 g/mol. The smallest absolute Gasteiger partial charge is 0.333 e. The minimum Gasteiger partial charge on any atom is -0.464 e. The van der Waals surface area contributed by atoms with Gasteiger partial charge in [-0.3, -0.25) is 14.6 Å². The zero-order valence-corrected chi connectivity index (χ0v) is 24.4. The Kier molecular flexibility index (Phi) is 7.99. The number of amides is 1. The zero-order chi connectivity index (χ0) is 31.1. The van der Waals surface area contributed by atoms with Gasteiger partial charge in [0.25, 0.3) is 0 Å². The summed E-state index contributed by atoms with van der Waals surface area (Å²) in [4.78, 5) is 31.0. The zero-order valence-electron chi connectivity index (χ0n) is 22.8. The number of halogens is 5. The van der Waals surface area contributed by atoms with Gasteiger partial charge >= 0.3 is 6.55 Å². The number of nitrogens with one attached hydrogen (secondary N) is 1. The number of benzene rings is 1. The lowest BCUT2D eigenvalue weighted by atomic mass is 9.88. The lowest BCUT2D eigenvalue weighted by molar-refractivity contribution is -0.119. The van der Waals surface area contributed by atoms with Crippen LogP contribution in [0.3, 0.4) is 0 Å². The van der Waals surface area contributed by atoms with Gasteiger partial charge in [-0.15, -0.1) is 5.10 Å². The van der Waals surface area contributed by atoms with Crippen molar-refractivity contribution < 1.29 is 22.4 Å². The molecule has 1 aliphatic heterocycles. The first-order valence-electron chi connectivity index (χ1n) is 13.4. The number of nitrogens with zero attached hydrogens (tertiary/aromatic N) is 6. The second kappa shape index (κ2) is 11.9. The molecule has 226 valence electrons. The van der Waals surface area contributed by atoms with Gasteiger partial charge in [-0.05, 0) is 37.1 Å². The first-order chi connectivity index (χ1) is 21.1. The number of alkyl halides is 2. The van der Waals surface area contributed by atoms with Crippen LogP contribution in [-0.2, 0) is 4.79 Å². The fourth-order valence-corrected chi connectivity index (χ4v) is 5.57. The number of rotatable bonds is 4. The molecule has 10 nitrogen and oxygen atoms in total. The number of carbonyl (C=O) groups excluding carboxylic acids is 1. The summed E-state index contributed by atoms with van der Waals surface area (Å²) in [6, 6.07) is 7.06. The first-order valence-corrected chi connectivity index (χ1v) is 14.2. The van der Waals surface area contributed by atoms with E-state index in [4.69, 9.17) is 27.6 Å². The van der Waals surface area contributed by atoms with E-state index < -0.39 is 29.6 Å². The van der Waals surface area contributed by atoms with Gasteiger partial charge in [0.15, 0.2) is 16.4 Å². The van der Waals surface area contributed by atoms with Crippen LogP contribution in [0.2, 0.25) is 10.2 Å². The third kappa shape index (κ3) is 5.48. The van der Waals surface area contributed by atoms with Gasteiger partial charge in [-0.25, -0.2) is 13.8 Å². The van der Waals surface area contributed by atoms with Crippen LogP contribution in [0.4, 0.5) is 18.9 Å². The molecule has 5 heterocycles. The molecule has 5 aromatic rings. The molecule has 0 saturated carbocycles. The summed E-state index contributed by atoms with van der Waals surface area (Å²) in [5.74, 6) is -2.41. The van der Waals surface area contributed by atoms with Crippen molar-refractivity contribution in [2.75, 3.05) is 5.32 Å². The third-order valence-corrected chi connectivity index (χ3v) is 7.96. The second-order valence-electron chi connectivity index (χ2n) is 10.3. The maximum absolute atomic E-state index is 15.4. The molecule has 15 heteroatoms. The van der Waals surface area contributed by atoms with Crippen molar-refractivity contribution in [2.24, 2.45) is 5.92 Å². The van der Waals surface area contributed by atoms with Gasteiger partial charge in [0.2, 0.25) is 5.91 Å². The van der Waals surface area contributed by atoms with Crippen molar-refractivity contribution in [3.63, 3.8) is 0 Å². The standard InChI is InChI=1S/C29H22Cl2F3N7O3/c1-14-3-2-4-16(19-9-15(7-8-35-19)27-20(37-28(14)43)11-36-41(27)29(33)34)17-13-44-23(10-22(17)42)25-21(6-5-18(30)26(25)32)40-12-24(31)38-39-40/h5-14,16,29H,2-4H2,1H3,(H,37,43)/t14-,16?/m1/s1. The van der Waals surface area contributed by atoms with Gasteiger partial charge < -0.3 is 9.73 Å². The topological polar surface area (TPSA) is 121 Å². The van der Waals surface area contributed by atoms with E-state index in [2.05, 4.69) is 25.7 Å². The summed E-state index contributed by atoms with van der Waals surface area (Å²) in [6.07, 6.45) is 6.55. The molecule has 1 N–H and O–H groups in total. The van der Waals surface area contributed by atoms with E-state index in [9.17, 15) is 18.4 Å². The van der Waals surface area contributed by atoms with Crippen LogP contribution in [0.1, 0.15) is 49.9 Å². The summed E-state index contributed by atoms with van der Waals surface area (Å²) >= 11 is 12.0. The molecule has 2 atom stereocenters. The SMILES string of the molecule is C[C@@H]1CCCC(c2coc(-c3c(-n4cc(Cl)nn4)ccc(Cl)c3F)cc2=O)c2cc(ccn2)-c2c(cnn2C(F)F)NC1=O. The maximum atomic E-state index is 15.4. The number of pyridine rings is 1. The molecule has 6 rings (SSSR count). The van der Waals surface area contributed by atoms with Gasteiger partial charge in [-0.2, -0.15) is 13.9 Å². The van der Waals surface area contributed by atoms with Crippen LogP contribution in [0, 0.1) is 11.7 Å². The van der Waals surface area contributed by atoms with Crippen LogP contribution in [0.15, 0.2) is 64.4 Å². The van der Waals surface area contributed by atoms with Gasteiger partial charge in [0.1, 0.15) is 5.76 Å². The van der Waals surface area contributed by atoms with Crippen LogP contribution in [0.5, 0.6) is 0 Å².